The summed E-state index contributed by atoms with van der Waals surface area (Å²) in [5.74, 6) is 0.763. The first-order chi connectivity index (χ1) is 7.16. The van der Waals surface area contributed by atoms with Crippen LogP contribution in [-0.2, 0) is 4.74 Å². The summed E-state index contributed by atoms with van der Waals surface area (Å²) < 4.78 is 5.57. The molecule has 0 spiro atoms. The predicted molar refractivity (Wildman–Crippen MR) is 67.3 cm³/mol. The van der Waals surface area contributed by atoms with E-state index < -0.39 is 0 Å². The number of nitrogens with one attached hydrogen (secondary N) is 1. The molecule has 0 aromatic rings. The van der Waals surface area contributed by atoms with Gasteiger partial charge in [-0.3, -0.25) is 0 Å². The Kier molecular flexibility index (Phi) is 10.4. The summed E-state index contributed by atoms with van der Waals surface area (Å²) in [5, 5.41) is 3.42. The van der Waals surface area contributed by atoms with Gasteiger partial charge in [0.1, 0.15) is 0 Å². The highest BCUT2D eigenvalue weighted by Crippen LogP contribution is 2.02. The van der Waals surface area contributed by atoms with E-state index in [4.69, 9.17) is 4.74 Å². The van der Waals surface area contributed by atoms with Crippen LogP contribution in [0.25, 0.3) is 0 Å². The topological polar surface area (TPSA) is 21.3 Å². The predicted octanol–water partition coefficient (Wildman–Crippen LogP) is 3.22. The number of hydrogen-bond donors (Lipinski definition) is 1. The van der Waals surface area contributed by atoms with E-state index in [-0.39, 0.29) is 0 Å². The van der Waals surface area contributed by atoms with E-state index in [2.05, 4.69) is 33.0 Å². The minimum Gasteiger partial charge on any atom is -0.381 e. The lowest BCUT2D eigenvalue weighted by Crippen LogP contribution is -2.25. The largest absolute Gasteiger partial charge is 0.381 e. The van der Waals surface area contributed by atoms with E-state index in [0.717, 1.165) is 25.7 Å². The molecule has 0 bridgehead atoms. The minimum atomic E-state index is 0.658. The maximum absolute atomic E-state index is 5.57. The van der Waals surface area contributed by atoms with Crippen LogP contribution in [0.2, 0.25) is 0 Å². The number of unbranched alkanes of at least 4 members (excludes halogenated alkanes) is 1. The average Bonchev–Trinajstić information content (AvgIpc) is 2.16. The van der Waals surface area contributed by atoms with Gasteiger partial charge in [-0.15, -0.1) is 0 Å². The molecule has 0 amide bonds. The van der Waals surface area contributed by atoms with Crippen LogP contribution in [0.1, 0.15) is 53.4 Å². The number of rotatable bonds is 10. The third kappa shape index (κ3) is 11.8. The van der Waals surface area contributed by atoms with Crippen molar-refractivity contribution in [3.05, 3.63) is 0 Å². The molecular formula is C13H29NO. The fraction of sp³-hybridized carbons (Fsp3) is 1.00. The van der Waals surface area contributed by atoms with Gasteiger partial charge >= 0.3 is 0 Å². The first kappa shape index (κ1) is 14.9. The maximum atomic E-state index is 5.57. The van der Waals surface area contributed by atoms with Gasteiger partial charge in [-0.05, 0) is 45.1 Å². The number of hydrogen-bond acceptors (Lipinski definition) is 2. The maximum Gasteiger partial charge on any atom is 0.0468 e. The Labute approximate surface area is 95.8 Å². The molecule has 1 unspecified atom stereocenters. The summed E-state index contributed by atoms with van der Waals surface area (Å²) in [6.45, 7) is 11.8. The molecule has 0 aliphatic heterocycles. The Balaban J connectivity index is 3.04. The van der Waals surface area contributed by atoms with Crippen molar-refractivity contribution in [1.29, 1.82) is 0 Å². The van der Waals surface area contributed by atoms with Crippen molar-refractivity contribution in [2.75, 3.05) is 19.8 Å². The highest BCUT2D eigenvalue weighted by molar-refractivity contribution is 4.58. The van der Waals surface area contributed by atoms with Gasteiger partial charge in [0.15, 0.2) is 0 Å². The Morgan fingerprint density at radius 3 is 2.33 bits per heavy atom. The van der Waals surface area contributed by atoms with Crippen molar-refractivity contribution in [1.82, 2.24) is 5.32 Å². The molecule has 1 atom stereocenters. The number of ether oxygens (including phenoxy) is 1. The van der Waals surface area contributed by atoms with Crippen molar-refractivity contribution >= 4 is 0 Å². The first-order valence-corrected chi connectivity index (χ1v) is 6.48. The standard InChI is InChI=1S/C13H29NO/c1-5-14-13(4)8-6-7-10-15-11-9-12(2)3/h12-14H,5-11H2,1-4H3. The van der Waals surface area contributed by atoms with Crippen LogP contribution >= 0.6 is 0 Å². The summed E-state index contributed by atoms with van der Waals surface area (Å²) in [6, 6.07) is 0.658. The Bertz CT molecular complexity index is 126. The molecule has 0 rings (SSSR count). The van der Waals surface area contributed by atoms with Crippen LogP contribution in [0, 0.1) is 5.92 Å². The minimum absolute atomic E-state index is 0.658. The van der Waals surface area contributed by atoms with E-state index in [0.29, 0.717) is 6.04 Å². The molecular weight excluding hydrogens is 186 g/mol. The van der Waals surface area contributed by atoms with E-state index in [1.165, 1.54) is 25.7 Å². The van der Waals surface area contributed by atoms with E-state index in [9.17, 15) is 0 Å². The molecule has 2 heteroatoms. The molecule has 0 heterocycles. The Morgan fingerprint density at radius 1 is 1.00 bits per heavy atom. The lowest BCUT2D eigenvalue weighted by atomic mass is 10.1. The van der Waals surface area contributed by atoms with Crippen molar-refractivity contribution < 1.29 is 4.74 Å². The second kappa shape index (κ2) is 10.4. The SMILES string of the molecule is CCNC(C)CCCCOCCC(C)C. The van der Waals surface area contributed by atoms with Crippen LogP contribution < -0.4 is 5.32 Å². The molecule has 0 aliphatic rings. The first-order valence-electron chi connectivity index (χ1n) is 6.48. The zero-order valence-corrected chi connectivity index (χ0v) is 11.0. The zero-order chi connectivity index (χ0) is 11.5. The third-order valence-electron chi connectivity index (χ3n) is 2.57. The van der Waals surface area contributed by atoms with Gasteiger partial charge in [0.05, 0.1) is 0 Å². The fourth-order valence-corrected chi connectivity index (χ4v) is 1.53. The molecule has 2 nitrogen and oxygen atoms in total. The van der Waals surface area contributed by atoms with Gasteiger partial charge in [0.2, 0.25) is 0 Å². The highest BCUT2D eigenvalue weighted by Gasteiger charge is 1.99. The lowest BCUT2D eigenvalue weighted by Gasteiger charge is -2.11. The van der Waals surface area contributed by atoms with Crippen molar-refractivity contribution in [3.8, 4) is 0 Å². The molecule has 0 aromatic heterocycles. The normalized spacial score (nSPS) is 13.4. The molecule has 15 heavy (non-hydrogen) atoms. The van der Waals surface area contributed by atoms with Gasteiger partial charge in [-0.25, -0.2) is 0 Å². The molecule has 0 saturated heterocycles. The smallest absolute Gasteiger partial charge is 0.0468 e. The van der Waals surface area contributed by atoms with Gasteiger partial charge < -0.3 is 10.1 Å². The van der Waals surface area contributed by atoms with E-state index in [1.54, 1.807) is 0 Å². The quantitative estimate of drug-likeness (QED) is 0.565. The Morgan fingerprint density at radius 2 is 1.73 bits per heavy atom. The van der Waals surface area contributed by atoms with Gasteiger partial charge in [-0.1, -0.05) is 20.8 Å². The second-order valence-corrected chi connectivity index (χ2v) is 4.75. The van der Waals surface area contributed by atoms with Crippen LogP contribution in [0.15, 0.2) is 0 Å². The molecule has 0 aromatic carbocycles. The molecule has 0 fully saturated rings. The van der Waals surface area contributed by atoms with Gasteiger partial charge in [-0.2, -0.15) is 0 Å². The van der Waals surface area contributed by atoms with Crippen molar-refractivity contribution in [2.45, 2.75) is 59.4 Å². The summed E-state index contributed by atoms with van der Waals surface area (Å²) in [7, 11) is 0. The molecule has 0 radical (unpaired) electrons. The summed E-state index contributed by atoms with van der Waals surface area (Å²) in [6.07, 6.45) is 4.93. The van der Waals surface area contributed by atoms with Crippen LogP contribution in [-0.4, -0.2) is 25.8 Å². The third-order valence-corrected chi connectivity index (χ3v) is 2.57. The zero-order valence-electron chi connectivity index (χ0n) is 11.0. The Hall–Kier alpha value is -0.0800. The van der Waals surface area contributed by atoms with Crippen LogP contribution in [0.5, 0.6) is 0 Å². The van der Waals surface area contributed by atoms with Crippen molar-refractivity contribution in [2.24, 2.45) is 5.92 Å². The molecule has 1 N–H and O–H groups in total. The van der Waals surface area contributed by atoms with Gasteiger partial charge in [0, 0.05) is 19.3 Å². The summed E-state index contributed by atoms with van der Waals surface area (Å²) >= 11 is 0. The molecule has 92 valence electrons. The monoisotopic (exact) mass is 215 g/mol. The second-order valence-electron chi connectivity index (χ2n) is 4.75. The van der Waals surface area contributed by atoms with Crippen LogP contribution in [0.3, 0.4) is 0 Å². The highest BCUT2D eigenvalue weighted by atomic mass is 16.5. The van der Waals surface area contributed by atoms with Crippen molar-refractivity contribution in [3.63, 3.8) is 0 Å². The summed E-state index contributed by atoms with van der Waals surface area (Å²) in [4.78, 5) is 0. The molecule has 0 aliphatic carbocycles. The van der Waals surface area contributed by atoms with Crippen LogP contribution in [0.4, 0.5) is 0 Å². The molecule has 0 saturated carbocycles. The van der Waals surface area contributed by atoms with E-state index in [1.807, 2.05) is 0 Å². The average molecular weight is 215 g/mol. The van der Waals surface area contributed by atoms with Gasteiger partial charge in [0.25, 0.3) is 0 Å². The fourth-order valence-electron chi connectivity index (χ4n) is 1.53. The summed E-state index contributed by atoms with van der Waals surface area (Å²) in [5.41, 5.74) is 0. The lowest BCUT2D eigenvalue weighted by molar-refractivity contribution is 0.119. The van der Waals surface area contributed by atoms with E-state index >= 15 is 0 Å².